The van der Waals surface area contributed by atoms with Gasteiger partial charge < -0.3 is 9.23 Å². The highest BCUT2D eigenvalue weighted by Crippen LogP contribution is 2.36. The van der Waals surface area contributed by atoms with Gasteiger partial charge in [-0.2, -0.15) is 30.9 Å². The molecule has 0 aromatic carbocycles. The Bertz CT molecular complexity index is 985. The molecule has 1 aromatic rings. The van der Waals surface area contributed by atoms with Crippen molar-refractivity contribution in [1.29, 1.82) is 0 Å². The molecule has 0 radical (unpaired) electrons. The highest BCUT2D eigenvalue weighted by molar-refractivity contribution is 8.13. The topological polar surface area (TPSA) is 106 Å². The van der Waals surface area contributed by atoms with Crippen molar-refractivity contribution in [3.05, 3.63) is 20.2 Å². The Morgan fingerprint density at radius 2 is 1.12 bits per heavy atom. The maximum atomic E-state index is 11.4. The van der Waals surface area contributed by atoms with E-state index < -0.39 is 31.1 Å². The lowest BCUT2D eigenvalue weighted by atomic mass is 10.0. The zero-order valence-electron chi connectivity index (χ0n) is 23.1. The largest absolute Gasteiger partial charge is 0.480 e. The lowest BCUT2D eigenvalue weighted by Crippen LogP contribution is -2.34. The van der Waals surface area contributed by atoms with Gasteiger partial charge >= 0.3 is 11.0 Å². The average Bonchev–Trinajstić information content (AvgIpc) is 3.17. The molecule has 0 spiro atoms. The van der Waals surface area contributed by atoms with Crippen LogP contribution in [0.15, 0.2) is 5.51 Å². The van der Waals surface area contributed by atoms with Gasteiger partial charge in [0.25, 0.3) is 0 Å². The van der Waals surface area contributed by atoms with Crippen molar-refractivity contribution < 1.29 is 52.9 Å². The minimum Gasteiger partial charge on any atom is -0.421 e. The molecule has 0 bridgehead atoms. The van der Waals surface area contributed by atoms with E-state index in [0.717, 1.165) is 17.1 Å². The maximum Gasteiger partial charge on any atom is 0.480 e. The molecule has 7 nitrogen and oxygen atoms in total. The van der Waals surface area contributed by atoms with E-state index in [1.54, 1.807) is 11.3 Å². The van der Waals surface area contributed by atoms with Crippen LogP contribution in [0, 0.1) is 6.92 Å². The molecular formula is C24H42F6N2O5S3. The second kappa shape index (κ2) is 19.3. The summed E-state index contributed by atoms with van der Waals surface area (Å²) in [7, 11) is -13.4. The van der Waals surface area contributed by atoms with Crippen molar-refractivity contribution in [2.24, 2.45) is 0 Å². The minimum atomic E-state index is -6.72. The van der Waals surface area contributed by atoms with Crippen molar-refractivity contribution in [1.82, 2.24) is 0 Å². The van der Waals surface area contributed by atoms with Crippen LogP contribution < -0.4 is 4.57 Å². The fourth-order valence-corrected chi connectivity index (χ4v) is 6.43. The molecule has 1 N–H and O–H groups in total. The standard InChI is InChI=1S/C22H42NOS.C2F6NO4S2/c1-3-4-5-6-7-8-9-10-11-12-13-14-15-16-18-23-20-25-22(17-19-24)21(23)2;3-1(4,5)14(10,11)9-15(12,13)2(6,7)8/h20,24H,3-19H2,1-2H3;/q+1;-1. The maximum absolute atomic E-state index is 11.4. The van der Waals surface area contributed by atoms with E-state index in [0.29, 0.717) is 0 Å². The van der Waals surface area contributed by atoms with Crippen molar-refractivity contribution in [3.8, 4) is 0 Å². The molecule has 1 heterocycles. The van der Waals surface area contributed by atoms with Gasteiger partial charge in [0.05, 0.1) is 4.88 Å². The number of unbranched alkanes of at least 4 members (excludes halogenated alkanes) is 13. The summed E-state index contributed by atoms with van der Waals surface area (Å²) in [6.45, 7) is 5.88. The first kappa shape index (κ1) is 39.0. The Kier molecular flexibility index (Phi) is 18.8. The number of alkyl halides is 6. The normalized spacial score (nSPS) is 12.8. The van der Waals surface area contributed by atoms with Crippen LogP contribution in [-0.4, -0.2) is 39.6 Å². The van der Waals surface area contributed by atoms with E-state index >= 15 is 0 Å². The third-order valence-electron chi connectivity index (χ3n) is 6.03. The number of hydrogen-bond donors (Lipinski definition) is 1. The third-order valence-corrected chi connectivity index (χ3v) is 9.91. The number of aliphatic hydroxyl groups excluding tert-OH is 1. The predicted octanol–water partition coefficient (Wildman–Crippen LogP) is 7.42. The van der Waals surface area contributed by atoms with E-state index in [4.69, 9.17) is 5.11 Å². The second-order valence-corrected chi connectivity index (χ2v) is 13.8. The highest BCUT2D eigenvalue weighted by Gasteiger charge is 2.46. The molecule has 1 aromatic heterocycles. The number of nitrogens with zero attached hydrogens (tertiary/aromatic N) is 2. The van der Waals surface area contributed by atoms with Crippen molar-refractivity contribution in [2.45, 2.75) is 128 Å². The van der Waals surface area contributed by atoms with Gasteiger partial charge in [-0.25, -0.2) is 16.8 Å². The molecule has 0 unspecified atom stereocenters. The molecule has 1 rings (SSSR count). The average molecular weight is 649 g/mol. The first-order valence-electron chi connectivity index (χ1n) is 13.4. The number of rotatable bonds is 19. The van der Waals surface area contributed by atoms with Crippen LogP contribution in [0.5, 0.6) is 0 Å². The molecule has 0 aliphatic heterocycles. The molecular weight excluding hydrogens is 606 g/mol. The Morgan fingerprint density at radius 1 is 0.750 bits per heavy atom. The number of thiazole rings is 1. The predicted molar refractivity (Wildman–Crippen MR) is 144 cm³/mol. The second-order valence-electron chi connectivity index (χ2n) is 9.41. The number of hydrogen-bond acceptors (Lipinski definition) is 6. The Morgan fingerprint density at radius 3 is 1.48 bits per heavy atom. The Labute approximate surface area is 238 Å². The lowest BCUT2D eigenvalue weighted by Gasteiger charge is -2.22. The van der Waals surface area contributed by atoms with Crippen LogP contribution in [0.1, 0.15) is 107 Å². The van der Waals surface area contributed by atoms with E-state index in [1.165, 1.54) is 100 Å². The van der Waals surface area contributed by atoms with Crippen LogP contribution in [-0.2, 0) is 33.0 Å². The quantitative estimate of drug-likeness (QED) is 0.0955. The summed E-state index contributed by atoms with van der Waals surface area (Å²) in [5.74, 6) is 0. The van der Waals surface area contributed by atoms with Crippen LogP contribution >= 0.6 is 11.3 Å². The van der Waals surface area contributed by atoms with Crippen LogP contribution in [0.3, 0.4) is 0 Å². The summed E-state index contributed by atoms with van der Waals surface area (Å²) in [5.41, 5.74) is -8.83. The summed E-state index contributed by atoms with van der Waals surface area (Å²) < 4.78 is 112. The van der Waals surface area contributed by atoms with Gasteiger partial charge in [0.1, 0.15) is 6.54 Å². The molecule has 0 fully saturated rings. The summed E-state index contributed by atoms with van der Waals surface area (Å²) in [5, 5.41) is 9.06. The van der Waals surface area contributed by atoms with Crippen LogP contribution in [0.4, 0.5) is 26.3 Å². The number of aliphatic hydroxyl groups is 1. The molecule has 0 atom stereocenters. The fourth-order valence-electron chi connectivity index (χ4n) is 3.70. The van der Waals surface area contributed by atoms with Crippen LogP contribution in [0.2, 0.25) is 0 Å². The van der Waals surface area contributed by atoms with E-state index in [2.05, 4.69) is 23.9 Å². The van der Waals surface area contributed by atoms with Gasteiger partial charge in [0, 0.05) is 26.4 Å². The van der Waals surface area contributed by atoms with Gasteiger partial charge in [-0.05, 0) is 6.42 Å². The highest BCUT2D eigenvalue weighted by atomic mass is 32.3. The fraction of sp³-hybridized carbons (Fsp3) is 0.875. The molecule has 16 heteroatoms. The number of halogens is 6. The van der Waals surface area contributed by atoms with Crippen molar-refractivity contribution >= 4 is 31.4 Å². The number of aromatic nitrogens is 1. The van der Waals surface area contributed by atoms with Crippen LogP contribution in [0.25, 0.3) is 4.13 Å². The number of sulfonamides is 2. The minimum absolute atomic E-state index is 0.264. The molecule has 0 saturated heterocycles. The number of aryl methyl sites for hydroxylation is 1. The molecule has 0 aliphatic carbocycles. The van der Waals surface area contributed by atoms with Crippen molar-refractivity contribution in [3.63, 3.8) is 0 Å². The van der Waals surface area contributed by atoms with Gasteiger partial charge in [-0.15, -0.1) is 0 Å². The van der Waals surface area contributed by atoms with Gasteiger partial charge in [-0.1, -0.05) is 95.3 Å². The van der Waals surface area contributed by atoms with Gasteiger partial charge in [0.15, 0.2) is 25.7 Å². The van der Waals surface area contributed by atoms with Gasteiger partial charge in [-0.3, -0.25) is 0 Å². The van der Waals surface area contributed by atoms with E-state index in [9.17, 15) is 43.2 Å². The Hall–Kier alpha value is -0.970. The first-order chi connectivity index (χ1) is 18.5. The summed E-state index contributed by atoms with van der Waals surface area (Å²) in [6, 6.07) is 0. The molecule has 0 saturated carbocycles. The molecule has 40 heavy (non-hydrogen) atoms. The molecule has 238 valence electrons. The molecule has 0 amide bonds. The lowest BCUT2D eigenvalue weighted by molar-refractivity contribution is -0.698. The third kappa shape index (κ3) is 15.9. The smallest absolute Gasteiger partial charge is 0.421 e. The summed E-state index contributed by atoms with van der Waals surface area (Å²) in [4.78, 5) is 1.34. The summed E-state index contributed by atoms with van der Waals surface area (Å²) in [6.07, 6.45) is 20.6. The monoisotopic (exact) mass is 648 g/mol. The van der Waals surface area contributed by atoms with Crippen molar-refractivity contribution in [2.75, 3.05) is 6.61 Å². The summed E-state index contributed by atoms with van der Waals surface area (Å²) >= 11 is 1.79. The first-order valence-corrected chi connectivity index (χ1v) is 17.2. The zero-order chi connectivity index (χ0) is 30.9. The van der Waals surface area contributed by atoms with E-state index in [-0.39, 0.29) is 6.61 Å². The molecule has 0 aliphatic rings. The van der Waals surface area contributed by atoms with Gasteiger partial charge in [0.2, 0.25) is 5.51 Å². The SMILES string of the molecule is CCCCCCCCCCCCCCCC[n+]1csc(CCO)c1C.O=S(=O)([N-]S(=O)(=O)C(F)(F)F)C(F)(F)F. The Balaban J connectivity index is 0.000000868. The zero-order valence-corrected chi connectivity index (χ0v) is 25.5. The van der Waals surface area contributed by atoms with E-state index in [1.807, 2.05) is 0 Å².